The first-order valence-electron chi connectivity index (χ1n) is 8.63. The molecule has 1 fully saturated rings. The Bertz CT molecular complexity index is 1120. The Hall–Kier alpha value is -2.42. The second-order valence-corrected chi connectivity index (χ2v) is 8.98. The van der Waals surface area contributed by atoms with E-state index in [0.717, 1.165) is 11.1 Å². The van der Waals surface area contributed by atoms with Crippen LogP contribution < -0.4 is 4.74 Å². The van der Waals surface area contributed by atoms with Gasteiger partial charge in [-0.3, -0.25) is 0 Å². The molecule has 146 valence electrons. The van der Waals surface area contributed by atoms with E-state index in [9.17, 15) is 8.42 Å². The Morgan fingerprint density at radius 1 is 1.21 bits per heavy atom. The fourth-order valence-electron chi connectivity index (χ4n) is 3.06. The van der Waals surface area contributed by atoms with Gasteiger partial charge < -0.3 is 9.26 Å². The van der Waals surface area contributed by atoms with Crippen molar-refractivity contribution in [3.63, 3.8) is 0 Å². The third kappa shape index (κ3) is 3.39. The van der Waals surface area contributed by atoms with Crippen molar-refractivity contribution in [3.8, 4) is 17.1 Å². The van der Waals surface area contributed by atoms with Crippen LogP contribution in [0.1, 0.15) is 17.4 Å². The van der Waals surface area contributed by atoms with Crippen molar-refractivity contribution in [2.45, 2.75) is 17.7 Å². The molecule has 0 spiro atoms. The zero-order valence-corrected chi connectivity index (χ0v) is 16.9. The molecule has 0 atom stereocenters. The lowest BCUT2D eigenvalue weighted by molar-refractivity contribution is 0.216. The Morgan fingerprint density at radius 2 is 2.00 bits per heavy atom. The minimum absolute atomic E-state index is 0.147. The van der Waals surface area contributed by atoms with Gasteiger partial charge in [-0.1, -0.05) is 35.0 Å². The van der Waals surface area contributed by atoms with Gasteiger partial charge >= 0.3 is 0 Å². The lowest BCUT2D eigenvalue weighted by Crippen LogP contribution is -2.48. The molecule has 0 saturated carbocycles. The van der Waals surface area contributed by atoms with E-state index in [1.54, 1.807) is 30.3 Å². The van der Waals surface area contributed by atoms with Crippen LogP contribution in [0.2, 0.25) is 5.02 Å². The maximum atomic E-state index is 13.0. The summed E-state index contributed by atoms with van der Waals surface area (Å²) >= 11 is 6.00. The van der Waals surface area contributed by atoms with Crippen LogP contribution >= 0.6 is 11.6 Å². The standard InChI is InChI=1S/C19H18ClN3O4S/c1-12-6-7-16(26-2)17(8-12)28(24,25)23-10-14(11-23)19-21-18(22-27-19)13-4-3-5-15(20)9-13/h3-9,14H,10-11H2,1-2H3. The summed E-state index contributed by atoms with van der Waals surface area (Å²) in [7, 11) is -2.20. The van der Waals surface area contributed by atoms with Crippen LogP contribution in [0, 0.1) is 6.92 Å². The molecule has 2 heterocycles. The first-order chi connectivity index (χ1) is 13.4. The largest absolute Gasteiger partial charge is 0.495 e. The summed E-state index contributed by atoms with van der Waals surface area (Å²) < 4.78 is 37.9. The van der Waals surface area contributed by atoms with Gasteiger partial charge in [-0.05, 0) is 36.8 Å². The van der Waals surface area contributed by atoms with Gasteiger partial charge in [0.2, 0.25) is 21.7 Å². The fraction of sp³-hybridized carbons (Fsp3) is 0.263. The predicted molar refractivity (Wildman–Crippen MR) is 104 cm³/mol. The molecule has 0 amide bonds. The zero-order chi connectivity index (χ0) is 19.9. The van der Waals surface area contributed by atoms with Crippen molar-refractivity contribution < 1.29 is 17.7 Å². The quantitative estimate of drug-likeness (QED) is 0.629. The number of halogens is 1. The Kier molecular flexibility index (Phi) is 4.86. The molecule has 1 aliphatic heterocycles. The minimum atomic E-state index is -3.66. The number of nitrogens with zero attached hydrogens (tertiary/aromatic N) is 3. The van der Waals surface area contributed by atoms with Gasteiger partial charge in [0, 0.05) is 23.7 Å². The Morgan fingerprint density at radius 3 is 2.71 bits per heavy atom. The maximum Gasteiger partial charge on any atom is 0.246 e. The molecule has 0 bridgehead atoms. The highest BCUT2D eigenvalue weighted by atomic mass is 35.5. The Balaban J connectivity index is 1.51. The average Bonchev–Trinajstić information content (AvgIpc) is 3.10. The number of benzene rings is 2. The number of sulfonamides is 1. The lowest BCUT2D eigenvalue weighted by Gasteiger charge is -2.36. The third-order valence-electron chi connectivity index (χ3n) is 4.66. The molecule has 7 nitrogen and oxygen atoms in total. The average molecular weight is 420 g/mol. The molecule has 1 aromatic heterocycles. The molecule has 1 saturated heterocycles. The lowest BCUT2D eigenvalue weighted by atomic mass is 10.0. The highest BCUT2D eigenvalue weighted by molar-refractivity contribution is 7.89. The number of aryl methyl sites for hydroxylation is 1. The van der Waals surface area contributed by atoms with Gasteiger partial charge in [-0.15, -0.1) is 0 Å². The van der Waals surface area contributed by atoms with Crippen molar-refractivity contribution in [1.82, 2.24) is 14.4 Å². The number of ether oxygens (including phenoxy) is 1. The number of hydrogen-bond donors (Lipinski definition) is 0. The molecular formula is C19H18ClN3O4S. The minimum Gasteiger partial charge on any atom is -0.495 e. The van der Waals surface area contributed by atoms with E-state index >= 15 is 0 Å². The van der Waals surface area contributed by atoms with E-state index in [4.69, 9.17) is 20.9 Å². The zero-order valence-electron chi connectivity index (χ0n) is 15.3. The number of aromatic nitrogens is 2. The molecular weight excluding hydrogens is 402 g/mol. The molecule has 3 aromatic rings. The van der Waals surface area contributed by atoms with Crippen LogP contribution in [0.3, 0.4) is 0 Å². The highest BCUT2D eigenvalue weighted by Crippen LogP contribution is 2.35. The Labute approximate surface area is 167 Å². The van der Waals surface area contributed by atoms with Crippen molar-refractivity contribution in [2.75, 3.05) is 20.2 Å². The summed E-state index contributed by atoms with van der Waals surface area (Å²) in [5.74, 6) is 1.03. The van der Waals surface area contributed by atoms with Crippen molar-refractivity contribution in [2.24, 2.45) is 0 Å². The topological polar surface area (TPSA) is 85.5 Å². The summed E-state index contributed by atoms with van der Waals surface area (Å²) in [5.41, 5.74) is 1.59. The predicted octanol–water partition coefficient (Wildman–Crippen LogP) is 3.50. The van der Waals surface area contributed by atoms with E-state index in [-0.39, 0.29) is 23.9 Å². The van der Waals surface area contributed by atoms with Crippen LogP contribution in [-0.4, -0.2) is 43.1 Å². The van der Waals surface area contributed by atoms with Crippen LogP contribution in [0.5, 0.6) is 5.75 Å². The molecule has 4 rings (SSSR count). The van der Waals surface area contributed by atoms with Crippen molar-refractivity contribution >= 4 is 21.6 Å². The molecule has 28 heavy (non-hydrogen) atoms. The van der Waals surface area contributed by atoms with Crippen molar-refractivity contribution in [1.29, 1.82) is 0 Å². The van der Waals surface area contributed by atoms with Gasteiger partial charge in [0.25, 0.3) is 0 Å². The molecule has 1 aliphatic rings. The van der Waals surface area contributed by atoms with E-state index in [1.807, 2.05) is 19.1 Å². The first kappa shape index (κ1) is 18.9. The fourth-order valence-corrected chi connectivity index (χ4v) is 5.02. The van der Waals surface area contributed by atoms with E-state index in [0.29, 0.717) is 22.5 Å². The van der Waals surface area contributed by atoms with Gasteiger partial charge in [0.15, 0.2) is 0 Å². The monoisotopic (exact) mass is 419 g/mol. The second kappa shape index (κ2) is 7.20. The highest BCUT2D eigenvalue weighted by Gasteiger charge is 2.41. The summed E-state index contributed by atoms with van der Waals surface area (Å²) in [6, 6.07) is 12.2. The summed E-state index contributed by atoms with van der Waals surface area (Å²) in [6.07, 6.45) is 0. The maximum absolute atomic E-state index is 13.0. The van der Waals surface area contributed by atoms with E-state index in [1.165, 1.54) is 11.4 Å². The van der Waals surface area contributed by atoms with Crippen LogP contribution in [0.25, 0.3) is 11.4 Å². The smallest absolute Gasteiger partial charge is 0.246 e. The van der Waals surface area contributed by atoms with Crippen LogP contribution in [0.4, 0.5) is 0 Å². The number of methoxy groups -OCH3 is 1. The molecule has 0 radical (unpaired) electrons. The molecule has 0 N–H and O–H groups in total. The summed E-state index contributed by atoms with van der Waals surface area (Å²) in [6.45, 7) is 2.39. The van der Waals surface area contributed by atoms with Crippen LogP contribution in [0.15, 0.2) is 51.9 Å². The number of hydrogen-bond acceptors (Lipinski definition) is 6. The molecule has 0 aliphatic carbocycles. The molecule has 2 aromatic carbocycles. The normalized spacial score (nSPS) is 15.4. The van der Waals surface area contributed by atoms with Crippen molar-refractivity contribution in [3.05, 3.63) is 58.9 Å². The first-order valence-corrected chi connectivity index (χ1v) is 10.4. The third-order valence-corrected chi connectivity index (χ3v) is 6.75. The number of rotatable bonds is 5. The van der Waals surface area contributed by atoms with Gasteiger partial charge in [0.05, 0.1) is 13.0 Å². The SMILES string of the molecule is COc1ccc(C)cc1S(=O)(=O)N1CC(c2nc(-c3cccc(Cl)c3)no2)C1. The van der Waals surface area contributed by atoms with Crippen LogP contribution in [-0.2, 0) is 10.0 Å². The summed E-state index contributed by atoms with van der Waals surface area (Å²) in [5, 5.41) is 4.56. The van der Waals surface area contributed by atoms with Gasteiger partial charge in [-0.2, -0.15) is 9.29 Å². The van der Waals surface area contributed by atoms with E-state index < -0.39 is 10.0 Å². The summed E-state index contributed by atoms with van der Waals surface area (Å²) in [4.78, 5) is 4.56. The second-order valence-electron chi connectivity index (χ2n) is 6.64. The van der Waals surface area contributed by atoms with Gasteiger partial charge in [0.1, 0.15) is 10.6 Å². The van der Waals surface area contributed by atoms with Gasteiger partial charge in [-0.25, -0.2) is 8.42 Å². The van der Waals surface area contributed by atoms with E-state index in [2.05, 4.69) is 10.1 Å². The molecule has 0 unspecified atom stereocenters. The molecule has 9 heteroatoms.